The van der Waals surface area contributed by atoms with E-state index in [1.807, 2.05) is 24.3 Å². The Hall–Kier alpha value is -1.63. The average molecular weight is 304 g/mol. The lowest BCUT2D eigenvalue weighted by Gasteiger charge is -2.07. The molecule has 0 saturated heterocycles. The van der Waals surface area contributed by atoms with Crippen molar-refractivity contribution in [3.8, 4) is 11.5 Å². The number of hydrogen-bond donors (Lipinski definition) is 2. The Balaban J connectivity index is 1.73. The minimum Gasteiger partial charge on any atom is -0.497 e. The normalized spacial score (nSPS) is 10.2. The van der Waals surface area contributed by atoms with E-state index in [-0.39, 0.29) is 0 Å². The maximum atomic E-state index is 8.99. The smallest absolute Gasteiger partial charge is 0.488 e. The molecule has 110 valence electrons. The lowest BCUT2D eigenvalue weighted by Crippen LogP contribution is -2.29. The van der Waals surface area contributed by atoms with Crippen molar-refractivity contribution in [2.75, 3.05) is 19.5 Å². The van der Waals surface area contributed by atoms with Crippen LogP contribution in [-0.2, 0) is 0 Å². The number of benzene rings is 2. The van der Waals surface area contributed by atoms with E-state index >= 15 is 0 Å². The molecule has 0 unspecified atom stereocenters. The predicted octanol–water partition coefficient (Wildman–Crippen LogP) is 1.55. The SMILES string of the molecule is COc1ccc(SCCOc2ccc(B(O)O)cc2)cc1. The fourth-order valence-electron chi connectivity index (χ4n) is 1.73. The molecule has 0 aliphatic heterocycles. The first kappa shape index (κ1) is 15.8. The Morgan fingerprint density at radius 3 is 2.14 bits per heavy atom. The molecule has 2 rings (SSSR count). The fourth-order valence-corrected chi connectivity index (χ4v) is 2.46. The Morgan fingerprint density at radius 1 is 0.952 bits per heavy atom. The summed E-state index contributed by atoms with van der Waals surface area (Å²) in [5.74, 6) is 2.40. The van der Waals surface area contributed by atoms with Crippen molar-refractivity contribution in [2.45, 2.75) is 4.90 Å². The van der Waals surface area contributed by atoms with E-state index in [0.29, 0.717) is 12.1 Å². The lowest BCUT2D eigenvalue weighted by molar-refractivity contribution is 0.344. The van der Waals surface area contributed by atoms with Gasteiger partial charge in [-0.25, -0.2) is 0 Å². The highest BCUT2D eigenvalue weighted by atomic mass is 32.2. The van der Waals surface area contributed by atoms with Gasteiger partial charge in [0.25, 0.3) is 0 Å². The molecule has 0 amide bonds. The van der Waals surface area contributed by atoms with Gasteiger partial charge >= 0.3 is 7.12 Å². The Bertz CT molecular complexity index is 543. The van der Waals surface area contributed by atoms with Gasteiger partial charge in [0.1, 0.15) is 11.5 Å². The molecule has 0 radical (unpaired) electrons. The summed E-state index contributed by atoms with van der Waals surface area (Å²) in [6.07, 6.45) is 0. The molecular formula is C15H17BO4S. The zero-order valence-electron chi connectivity index (χ0n) is 11.7. The quantitative estimate of drug-likeness (QED) is 0.462. The molecule has 6 heteroatoms. The highest BCUT2D eigenvalue weighted by Gasteiger charge is 2.09. The molecule has 2 aromatic rings. The third-order valence-electron chi connectivity index (χ3n) is 2.86. The summed E-state index contributed by atoms with van der Waals surface area (Å²) < 4.78 is 10.7. The molecule has 2 N–H and O–H groups in total. The van der Waals surface area contributed by atoms with Crippen LogP contribution < -0.4 is 14.9 Å². The summed E-state index contributed by atoms with van der Waals surface area (Å²) in [6.45, 7) is 0.581. The number of methoxy groups -OCH3 is 1. The molecule has 2 aromatic carbocycles. The summed E-state index contributed by atoms with van der Waals surface area (Å²) in [5, 5.41) is 18.0. The van der Waals surface area contributed by atoms with Gasteiger partial charge in [-0.1, -0.05) is 12.1 Å². The van der Waals surface area contributed by atoms with Crippen LogP contribution in [-0.4, -0.2) is 36.6 Å². The van der Waals surface area contributed by atoms with Crippen LogP contribution in [0.25, 0.3) is 0 Å². The number of hydrogen-bond acceptors (Lipinski definition) is 5. The van der Waals surface area contributed by atoms with Crippen LogP contribution >= 0.6 is 11.8 Å². The van der Waals surface area contributed by atoms with Gasteiger partial charge in [0.2, 0.25) is 0 Å². The molecule has 0 aliphatic carbocycles. The van der Waals surface area contributed by atoms with Crippen molar-refractivity contribution in [1.82, 2.24) is 0 Å². The Morgan fingerprint density at radius 2 is 1.57 bits per heavy atom. The first-order valence-corrected chi connectivity index (χ1v) is 7.53. The van der Waals surface area contributed by atoms with E-state index in [2.05, 4.69) is 0 Å². The van der Waals surface area contributed by atoms with Crippen LogP contribution in [0.2, 0.25) is 0 Å². The van der Waals surface area contributed by atoms with E-state index in [1.54, 1.807) is 43.1 Å². The van der Waals surface area contributed by atoms with Gasteiger partial charge in [0, 0.05) is 10.6 Å². The summed E-state index contributed by atoms with van der Waals surface area (Å²) in [4.78, 5) is 1.16. The number of rotatable bonds is 7. The van der Waals surface area contributed by atoms with Gasteiger partial charge in [-0.2, -0.15) is 0 Å². The standard InChI is InChI=1S/C15H17BO4S/c1-19-13-6-8-15(9-7-13)21-11-10-20-14-4-2-12(3-5-14)16(17)18/h2-9,17-18H,10-11H2,1H3. The van der Waals surface area contributed by atoms with Crippen LogP contribution in [0, 0.1) is 0 Å². The summed E-state index contributed by atoms with van der Waals surface area (Å²) >= 11 is 1.71. The second-order valence-corrected chi connectivity index (χ2v) is 5.48. The summed E-state index contributed by atoms with van der Waals surface area (Å²) in [5.41, 5.74) is 0.454. The fraction of sp³-hybridized carbons (Fsp3) is 0.200. The van der Waals surface area contributed by atoms with Crippen LogP contribution in [0.4, 0.5) is 0 Å². The largest absolute Gasteiger partial charge is 0.497 e. The maximum Gasteiger partial charge on any atom is 0.488 e. The number of thioether (sulfide) groups is 1. The van der Waals surface area contributed by atoms with E-state index in [1.165, 1.54) is 0 Å². The van der Waals surface area contributed by atoms with Crippen molar-refractivity contribution >= 4 is 24.3 Å². The second kappa shape index (κ2) is 7.97. The van der Waals surface area contributed by atoms with Gasteiger partial charge in [-0.3, -0.25) is 0 Å². The molecule has 0 aliphatic rings. The van der Waals surface area contributed by atoms with Crippen LogP contribution in [0.15, 0.2) is 53.4 Å². The van der Waals surface area contributed by atoms with Gasteiger partial charge in [0.05, 0.1) is 13.7 Å². The summed E-state index contributed by atoms with van der Waals surface area (Å²) in [6, 6.07) is 14.6. The second-order valence-electron chi connectivity index (χ2n) is 4.32. The zero-order chi connectivity index (χ0) is 15.1. The first-order valence-electron chi connectivity index (χ1n) is 6.55. The molecule has 0 spiro atoms. The van der Waals surface area contributed by atoms with Crippen molar-refractivity contribution in [2.24, 2.45) is 0 Å². The predicted molar refractivity (Wildman–Crippen MR) is 85.5 cm³/mol. The number of ether oxygens (including phenoxy) is 2. The lowest BCUT2D eigenvalue weighted by atomic mass is 9.80. The molecule has 0 bridgehead atoms. The van der Waals surface area contributed by atoms with Crippen LogP contribution in [0.1, 0.15) is 0 Å². The van der Waals surface area contributed by atoms with Crippen molar-refractivity contribution in [1.29, 1.82) is 0 Å². The minimum atomic E-state index is -1.44. The molecule has 21 heavy (non-hydrogen) atoms. The molecule has 0 heterocycles. The molecule has 0 aromatic heterocycles. The van der Waals surface area contributed by atoms with Crippen molar-refractivity contribution < 1.29 is 19.5 Å². The molecule has 0 fully saturated rings. The third-order valence-corrected chi connectivity index (χ3v) is 3.83. The monoisotopic (exact) mass is 304 g/mol. The maximum absolute atomic E-state index is 8.99. The zero-order valence-corrected chi connectivity index (χ0v) is 12.5. The third kappa shape index (κ3) is 5.01. The van der Waals surface area contributed by atoms with Gasteiger partial charge < -0.3 is 19.5 Å². The highest BCUT2D eigenvalue weighted by Crippen LogP contribution is 2.21. The van der Waals surface area contributed by atoms with Crippen LogP contribution in [0.3, 0.4) is 0 Å². The molecule has 0 saturated carbocycles. The highest BCUT2D eigenvalue weighted by molar-refractivity contribution is 7.99. The first-order chi connectivity index (χ1) is 10.2. The van der Waals surface area contributed by atoms with E-state index in [9.17, 15) is 0 Å². The van der Waals surface area contributed by atoms with E-state index < -0.39 is 7.12 Å². The van der Waals surface area contributed by atoms with Crippen molar-refractivity contribution in [3.05, 3.63) is 48.5 Å². The van der Waals surface area contributed by atoms with E-state index in [0.717, 1.165) is 22.1 Å². The molecule has 4 nitrogen and oxygen atoms in total. The average Bonchev–Trinajstić information content (AvgIpc) is 2.52. The van der Waals surface area contributed by atoms with Crippen LogP contribution in [0.5, 0.6) is 11.5 Å². The Kier molecular flexibility index (Phi) is 5.98. The Labute approximate surface area is 128 Å². The minimum absolute atomic E-state index is 0.454. The van der Waals surface area contributed by atoms with Gasteiger partial charge in [-0.05, 0) is 41.9 Å². The van der Waals surface area contributed by atoms with Gasteiger partial charge in [-0.15, -0.1) is 11.8 Å². The summed E-state index contributed by atoms with van der Waals surface area (Å²) in [7, 11) is 0.210. The molecule has 0 atom stereocenters. The van der Waals surface area contributed by atoms with E-state index in [4.69, 9.17) is 19.5 Å². The topological polar surface area (TPSA) is 58.9 Å². The van der Waals surface area contributed by atoms with Gasteiger partial charge in [0.15, 0.2) is 0 Å². The molecular weight excluding hydrogens is 287 g/mol. The van der Waals surface area contributed by atoms with Crippen molar-refractivity contribution in [3.63, 3.8) is 0 Å².